The molecular formula is C13H17F3N2. The average Bonchev–Trinajstić information content (AvgIpc) is 2.48. The molecule has 1 N–H and O–H groups in total. The van der Waals surface area contributed by atoms with Gasteiger partial charge in [0.15, 0.2) is 0 Å². The van der Waals surface area contributed by atoms with E-state index < -0.39 is 11.7 Å². The Kier molecular flexibility index (Phi) is 3.41. The first-order valence-electron chi connectivity index (χ1n) is 6.11. The van der Waals surface area contributed by atoms with Crippen molar-refractivity contribution in [2.45, 2.75) is 32.5 Å². The van der Waals surface area contributed by atoms with Gasteiger partial charge in [0, 0.05) is 19.1 Å². The van der Waals surface area contributed by atoms with Gasteiger partial charge in [0.1, 0.15) is 0 Å². The number of rotatable bonds is 1. The van der Waals surface area contributed by atoms with Gasteiger partial charge < -0.3 is 10.2 Å². The molecule has 1 aromatic rings. The molecule has 1 heterocycles. The minimum absolute atomic E-state index is 0.278. The van der Waals surface area contributed by atoms with Crippen molar-refractivity contribution in [1.82, 2.24) is 0 Å². The minimum atomic E-state index is -4.29. The molecule has 0 aromatic heterocycles. The summed E-state index contributed by atoms with van der Waals surface area (Å²) in [5.41, 5.74) is 0.839. The number of anilines is 2. The minimum Gasteiger partial charge on any atom is -0.383 e. The fourth-order valence-electron chi connectivity index (χ4n) is 2.23. The van der Waals surface area contributed by atoms with Gasteiger partial charge in [0.25, 0.3) is 0 Å². The van der Waals surface area contributed by atoms with Crippen LogP contribution in [0.3, 0.4) is 0 Å². The van der Waals surface area contributed by atoms with Gasteiger partial charge in [-0.05, 0) is 38.5 Å². The molecule has 0 radical (unpaired) electrons. The third-order valence-corrected chi connectivity index (χ3v) is 3.15. The van der Waals surface area contributed by atoms with Gasteiger partial charge in [-0.2, -0.15) is 13.2 Å². The van der Waals surface area contributed by atoms with Gasteiger partial charge >= 0.3 is 6.18 Å². The van der Waals surface area contributed by atoms with Crippen LogP contribution in [-0.4, -0.2) is 19.1 Å². The second kappa shape index (κ2) is 4.71. The first-order chi connectivity index (χ1) is 8.39. The average molecular weight is 258 g/mol. The van der Waals surface area contributed by atoms with Crippen LogP contribution in [-0.2, 0) is 6.18 Å². The molecule has 2 rings (SSSR count). The largest absolute Gasteiger partial charge is 0.416 e. The van der Waals surface area contributed by atoms with Crippen LogP contribution in [0.2, 0.25) is 0 Å². The van der Waals surface area contributed by atoms with Crippen molar-refractivity contribution < 1.29 is 13.2 Å². The zero-order valence-electron chi connectivity index (χ0n) is 10.5. The van der Waals surface area contributed by atoms with Crippen LogP contribution in [0.25, 0.3) is 0 Å². The van der Waals surface area contributed by atoms with E-state index in [-0.39, 0.29) is 6.04 Å². The van der Waals surface area contributed by atoms with E-state index in [1.54, 1.807) is 6.07 Å². The van der Waals surface area contributed by atoms with Crippen LogP contribution >= 0.6 is 0 Å². The zero-order chi connectivity index (χ0) is 13.3. The lowest BCUT2D eigenvalue weighted by Gasteiger charge is -2.29. The van der Waals surface area contributed by atoms with Crippen LogP contribution in [0.4, 0.5) is 24.5 Å². The van der Waals surface area contributed by atoms with Crippen molar-refractivity contribution in [1.29, 1.82) is 0 Å². The van der Waals surface area contributed by atoms with Crippen LogP contribution in [0.15, 0.2) is 18.2 Å². The van der Waals surface area contributed by atoms with E-state index in [0.29, 0.717) is 12.2 Å². The number of alkyl halides is 3. The summed E-state index contributed by atoms with van der Waals surface area (Å²) in [5, 5.41) is 3.08. The highest BCUT2D eigenvalue weighted by Crippen LogP contribution is 2.36. The summed E-state index contributed by atoms with van der Waals surface area (Å²) in [6, 6.07) is 4.20. The van der Waals surface area contributed by atoms with Crippen molar-refractivity contribution >= 4 is 11.4 Å². The van der Waals surface area contributed by atoms with E-state index in [1.807, 2.05) is 13.8 Å². The van der Waals surface area contributed by atoms with Crippen molar-refractivity contribution in [3.05, 3.63) is 23.8 Å². The Morgan fingerprint density at radius 1 is 1.28 bits per heavy atom. The molecule has 0 spiro atoms. The third kappa shape index (κ3) is 2.54. The van der Waals surface area contributed by atoms with Gasteiger partial charge in [-0.25, -0.2) is 0 Å². The van der Waals surface area contributed by atoms with Crippen molar-refractivity contribution in [3.63, 3.8) is 0 Å². The van der Waals surface area contributed by atoms with Gasteiger partial charge in [0.05, 0.1) is 16.9 Å². The van der Waals surface area contributed by atoms with E-state index in [1.165, 1.54) is 6.07 Å². The van der Waals surface area contributed by atoms with Crippen molar-refractivity contribution in [2.24, 2.45) is 0 Å². The summed E-state index contributed by atoms with van der Waals surface area (Å²) in [6.07, 6.45) is -3.36. The van der Waals surface area contributed by atoms with Crippen LogP contribution in [0.1, 0.15) is 25.8 Å². The fraction of sp³-hybridized carbons (Fsp3) is 0.538. The first-order valence-corrected chi connectivity index (χ1v) is 6.11. The second-order valence-electron chi connectivity index (χ2n) is 4.80. The maximum Gasteiger partial charge on any atom is 0.416 e. The molecule has 0 fully saturated rings. The maximum atomic E-state index is 12.7. The normalized spacial score (nSPS) is 16.2. The highest BCUT2D eigenvalue weighted by molar-refractivity contribution is 5.72. The summed E-state index contributed by atoms with van der Waals surface area (Å²) in [4.78, 5) is 2.13. The van der Waals surface area contributed by atoms with Gasteiger partial charge in [-0.15, -0.1) is 0 Å². The molecule has 2 nitrogen and oxygen atoms in total. The zero-order valence-corrected chi connectivity index (χ0v) is 10.5. The Balaban J connectivity index is 2.42. The molecule has 0 atom stereocenters. The quantitative estimate of drug-likeness (QED) is 0.825. The van der Waals surface area contributed by atoms with E-state index in [0.717, 1.165) is 24.7 Å². The second-order valence-corrected chi connectivity index (χ2v) is 4.80. The topological polar surface area (TPSA) is 15.3 Å². The van der Waals surface area contributed by atoms with Gasteiger partial charge in [-0.3, -0.25) is 0 Å². The molecule has 1 aliphatic rings. The number of nitrogens with zero attached hydrogens (tertiary/aromatic N) is 1. The summed E-state index contributed by atoms with van der Waals surface area (Å²) < 4.78 is 38.0. The molecule has 0 unspecified atom stereocenters. The van der Waals surface area contributed by atoms with Crippen molar-refractivity contribution in [2.75, 3.05) is 23.3 Å². The van der Waals surface area contributed by atoms with E-state index in [2.05, 4.69) is 10.2 Å². The predicted molar refractivity (Wildman–Crippen MR) is 67.0 cm³/mol. The molecule has 1 aromatic carbocycles. The third-order valence-electron chi connectivity index (χ3n) is 3.15. The highest BCUT2D eigenvalue weighted by Gasteiger charge is 2.31. The molecule has 18 heavy (non-hydrogen) atoms. The number of nitrogens with one attached hydrogen (secondary N) is 1. The molecular weight excluding hydrogens is 241 g/mol. The maximum absolute atomic E-state index is 12.7. The number of hydrogen-bond donors (Lipinski definition) is 1. The molecule has 0 saturated heterocycles. The van der Waals surface area contributed by atoms with Gasteiger partial charge in [-0.1, -0.05) is 0 Å². The van der Waals surface area contributed by atoms with Crippen LogP contribution in [0.5, 0.6) is 0 Å². The monoisotopic (exact) mass is 258 g/mol. The molecule has 0 amide bonds. The van der Waals surface area contributed by atoms with E-state index in [9.17, 15) is 13.2 Å². The lowest BCUT2D eigenvalue weighted by Crippen LogP contribution is -2.31. The Labute approximate surface area is 105 Å². The molecule has 0 aliphatic carbocycles. The van der Waals surface area contributed by atoms with Crippen LogP contribution in [0, 0.1) is 0 Å². The van der Waals surface area contributed by atoms with E-state index >= 15 is 0 Å². The lowest BCUT2D eigenvalue weighted by atomic mass is 10.1. The van der Waals surface area contributed by atoms with Gasteiger partial charge in [0.2, 0.25) is 0 Å². The SMILES string of the molecule is CC(C)N1CCCNc2cc(C(F)(F)F)ccc21. The smallest absolute Gasteiger partial charge is 0.383 e. The standard InChI is InChI=1S/C13H17F3N2/c1-9(2)18-7-3-6-17-11-8-10(13(14,15)16)4-5-12(11)18/h4-5,8-9,17H,3,6-7H2,1-2H3. The Morgan fingerprint density at radius 3 is 2.61 bits per heavy atom. The number of benzene rings is 1. The Bertz CT molecular complexity index is 427. The van der Waals surface area contributed by atoms with Crippen LogP contribution < -0.4 is 10.2 Å². The Hall–Kier alpha value is -1.39. The number of hydrogen-bond acceptors (Lipinski definition) is 2. The first kappa shape index (κ1) is 13.1. The summed E-state index contributed by atoms with van der Waals surface area (Å²) in [7, 11) is 0. The number of fused-ring (bicyclic) bond motifs is 1. The lowest BCUT2D eigenvalue weighted by molar-refractivity contribution is -0.137. The fourth-order valence-corrected chi connectivity index (χ4v) is 2.23. The van der Waals surface area contributed by atoms with E-state index in [4.69, 9.17) is 0 Å². The molecule has 100 valence electrons. The molecule has 0 saturated carbocycles. The predicted octanol–water partition coefficient (Wildman–Crippen LogP) is 3.74. The summed E-state index contributed by atoms with van der Waals surface area (Å²) in [6.45, 7) is 5.67. The summed E-state index contributed by atoms with van der Waals surface area (Å²) >= 11 is 0. The Morgan fingerprint density at radius 2 is 2.00 bits per heavy atom. The van der Waals surface area contributed by atoms with Crippen molar-refractivity contribution in [3.8, 4) is 0 Å². The summed E-state index contributed by atoms with van der Waals surface area (Å²) in [5.74, 6) is 0. The molecule has 5 heteroatoms. The molecule has 0 bridgehead atoms. The number of halogens is 3. The molecule has 1 aliphatic heterocycles. The highest BCUT2D eigenvalue weighted by atomic mass is 19.4.